The molecule has 7 heteroatoms. The van der Waals surface area contributed by atoms with Crippen LogP contribution in [-0.2, 0) is 4.79 Å². The van der Waals surface area contributed by atoms with Crippen LogP contribution in [0.4, 0.5) is 11.4 Å². The fraction of sp³-hybridized carbons (Fsp3) is 0.167. The van der Waals surface area contributed by atoms with Crippen LogP contribution in [0.5, 0.6) is 0 Å². The Balaban J connectivity index is 2.00. The average molecular weight is 336 g/mol. The number of nitrogens with zero attached hydrogens (tertiary/aromatic N) is 2. The molecule has 25 heavy (non-hydrogen) atoms. The molecule has 0 radical (unpaired) electrons. The number of benzene rings is 2. The van der Waals surface area contributed by atoms with E-state index in [-0.39, 0.29) is 11.9 Å². The van der Waals surface area contributed by atoms with Crippen molar-refractivity contribution >= 4 is 23.2 Å². The zero-order chi connectivity index (χ0) is 17.8. The third kappa shape index (κ3) is 3.29. The fourth-order valence-corrected chi connectivity index (χ4v) is 2.87. The summed E-state index contributed by atoms with van der Waals surface area (Å²) in [6.07, 6.45) is 0.651. The van der Waals surface area contributed by atoms with Gasteiger partial charge in [0.15, 0.2) is 0 Å². The van der Waals surface area contributed by atoms with Crippen molar-refractivity contribution in [2.75, 3.05) is 11.4 Å². The minimum absolute atomic E-state index is 0.0680. The Morgan fingerprint density at radius 2 is 1.76 bits per heavy atom. The Bertz CT molecular complexity index is 825. The van der Waals surface area contributed by atoms with E-state index in [1.807, 2.05) is 4.90 Å². The Labute approximate surface area is 144 Å². The summed E-state index contributed by atoms with van der Waals surface area (Å²) >= 11 is 0. The van der Waals surface area contributed by atoms with E-state index >= 15 is 0 Å². The highest BCUT2D eigenvalue weighted by molar-refractivity contribution is 5.94. The van der Waals surface area contributed by atoms with Crippen molar-refractivity contribution in [1.29, 1.82) is 5.26 Å². The Kier molecular flexibility index (Phi) is 4.64. The zero-order valence-corrected chi connectivity index (χ0v) is 13.3. The van der Waals surface area contributed by atoms with Crippen molar-refractivity contribution in [1.82, 2.24) is 10.8 Å². The summed E-state index contributed by atoms with van der Waals surface area (Å²) < 4.78 is 0. The molecule has 0 spiro atoms. The fourth-order valence-electron chi connectivity index (χ4n) is 2.87. The van der Waals surface area contributed by atoms with Crippen molar-refractivity contribution in [2.24, 2.45) is 0 Å². The summed E-state index contributed by atoms with van der Waals surface area (Å²) in [6.45, 7) is 0.598. The number of rotatable bonds is 4. The number of hydroxylamine groups is 1. The molecule has 1 aliphatic rings. The maximum atomic E-state index is 12.2. The lowest BCUT2D eigenvalue weighted by molar-refractivity contribution is -0.120. The second-order valence-electron chi connectivity index (χ2n) is 5.61. The second kappa shape index (κ2) is 7.03. The first kappa shape index (κ1) is 16.5. The number of hydrogen-bond donors (Lipinski definition) is 3. The molecule has 3 rings (SSSR count). The third-order valence-electron chi connectivity index (χ3n) is 4.12. The van der Waals surface area contributed by atoms with Gasteiger partial charge in [0.1, 0.15) is 6.04 Å². The number of anilines is 2. The number of amides is 2. The molecular formula is C18H16N4O3. The highest BCUT2D eigenvalue weighted by atomic mass is 16.5. The molecule has 2 aromatic carbocycles. The number of nitriles is 1. The minimum Gasteiger partial charge on any atom is -0.354 e. The third-order valence-corrected chi connectivity index (χ3v) is 4.12. The van der Waals surface area contributed by atoms with Crippen molar-refractivity contribution < 1.29 is 14.8 Å². The predicted molar refractivity (Wildman–Crippen MR) is 90.4 cm³/mol. The lowest BCUT2D eigenvalue weighted by Gasteiger charge is -2.29. The molecular weight excluding hydrogens is 320 g/mol. The maximum absolute atomic E-state index is 12.2. The van der Waals surface area contributed by atoms with Gasteiger partial charge in [-0.05, 0) is 55.0 Å². The topological polar surface area (TPSA) is 105 Å². The van der Waals surface area contributed by atoms with Gasteiger partial charge < -0.3 is 10.2 Å². The van der Waals surface area contributed by atoms with E-state index in [1.165, 1.54) is 0 Å². The van der Waals surface area contributed by atoms with Gasteiger partial charge in [0.05, 0.1) is 11.6 Å². The summed E-state index contributed by atoms with van der Waals surface area (Å²) in [5, 5.41) is 20.5. The summed E-state index contributed by atoms with van der Waals surface area (Å²) in [4.78, 5) is 25.6. The van der Waals surface area contributed by atoms with E-state index in [0.717, 1.165) is 11.4 Å². The quantitative estimate of drug-likeness (QED) is 0.582. The van der Waals surface area contributed by atoms with Crippen LogP contribution in [0, 0.1) is 11.3 Å². The largest absolute Gasteiger partial charge is 0.354 e. The summed E-state index contributed by atoms with van der Waals surface area (Å²) in [6, 6.07) is 15.3. The van der Waals surface area contributed by atoms with Crippen LogP contribution >= 0.6 is 0 Å². The molecule has 1 atom stereocenters. The maximum Gasteiger partial charge on any atom is 0.274 e. The van der Waals surface area contributed by atoms with E-state index < -0.39 is 5.91 Å². The van der Waals surface area contributed by atoms with Crippen LogP contribution in [0.1, 0.15) is 22.3 Å². The van der Waals surface area contributed by atoms with E-state index in [9.17, 15) is 9.59 Å². The van der Waals surface area contributed by atoms with Gasteiger partial charge in [-0.3, -0.25) is 14.8 Å². The van der Waals surface area contributed by atoms with Gasteiger partial charge in [0.25, 0.3) is 5.91 Å². The smallest absolute Gasteiger partial charge is 0.274 e. The van der Waals surface area contributed by atoms with E-state index in [2.05, 4.69) is 11.4 Å². The summed E-state index contributed by atoms with van der Waals surface area (Å²) in [5.41, 5.74) is 3.95. The van der Waals surface area contributed by atoms with Gasteiger partial charge in [-0.25, -0.2) is 5.48 Å². The molecule has 0 bridgehead atoms. The Morgan fingerprint density at radius 3 is 2.24 bits per heavy atom. The van der Waals surface area contributed by atoms with Gasteiger partial charge in [0.2, 0.25) is 5.91 Å². The van der Waals surface area contributed by atoms with Crippen molar-refractivity contribution in [3.63, 3.8) is 0 Å². The molecule has 2 aromatic rings. The van der Waals surface area contributed by atoms with Crippen LogP contribution in [0.3, 0.4) is 0 Å². The van der Waals surface area contributed by atoms with Crippen LogP contribution in [0.25, 0.3) is 0 Å². The number of nitrogens with one attached hydrogen (secondary N) is 2. The highest BCUT2D eigenvalue weighted by Gasteiger charge is 2.31. The van der Waals surface area contributed by atoms with E-state index in [1.54, 1.807) is 54.0 Å². The number of hydrogen-bond acceptors (Lipinski definition) is 5. The molecule has 1 aliphatic heterocycles. The molecule has 3 N–H and O–H groups in total. The van der Waals surface area contributed by atoms with E-state index in [4.69, 9.17) is 10.5 Å². The molecule has 1 saturated heterocycles. The normalized spacial score (nSPS) is 16.0. The monoisotopic (exact) mass is 336 g/mol. The van der Waals surface area contributed by atoms with E-state index in [0.29, 0.717) is 24.1 Å². The van der Waals surface area contributed by atoms with Gasteiger partial charge in [-0.1, -0.05) is 0 Å². The molecule has 0 aliphatic carbocycles. The van der Waals surface area contributed by atoms with Crippen molar-refractivity contribution in [3.05, 3.63) is 59.7 Å². The molecule has 2 amide bonds. The molecule has 1 fully saturated rings. The average Bonchev–Trinajstić information content (AvgIpc) is 3.08. The number of carbonyl (C=O) groups is 2. The number of carbonyl (C=O) groups excluding carboxylic acids is 2. The molecule has 0 saturated carbocycles. The Hall–Kier alpha value is -3.37. The predicted octanol–water partition coefficient (Wildman–Crippen LogP) is 1.70. The van der Waals surface area contributed by atoms with Crippen molar-refractivity contribution in [2.45, 2.75) is 12.5 Å². The lowest BCUT2D eigenvalue weighted by Crippen LogP contribution is -2.37. The molecule has 1 heterocycles. The first-order valence-electron chi connectivity index (χ1n) is 7.75. The second-order valence-corrected chi connectivity index (χ2v) is 5.61. The molecule has 7 nitrogen and oxygen atoms in total. The van der Waals surface area contributed by atoms with Gasteiger partial charge in [0, 0.05) is 23.5 Å². The molecule has 0 aromatic heterocycles. The lowest BCUT2D eigenvalue weighted by atomic mass is 10.1. The first-order chi connectivity index (χ1) is 12.1. The van der Waals surface area contributed by atoms with Crippen LogP contribution < -0.4 is 15.7 Å². The Morgan fingerprint density at radius 1 is 1.16 bits per heavy atom. The van der Waals surface area contributed by atoms with Gasteiger partial charge >= 0.3 is 0 Å². The standard InChI is InChI=1S/C18H16N4O3/c19-11-12-1-5-14(6-2-12)22(16-9-10-20-18(16)24)15-7-3-13(4-8-15)17(23)21-25/h1-8,16,25H,9-10H2,(H,20,24)(H,21,23). The van der Waals surface area contributed by atoms with Gasteiger partial charge in [-0.15, -0.1) is 0 Å². The summed E-state index contributed by atoms with van der Waals surface area (Å²) in [5.74, 6) is -0.670. The van der Waals surface area contributed by atoms with Crippen LogP contribution in [0.2, 0.25) is 0 Å². The highest BCUT2D eigenvalue weighted by Crippen LogP contribution is 2.31. The van der Waals surface area contributed by atoms with Gasteiger partial charge in [-0.2, -0.15) is 5.26 Å². The molecule has 1 unspecified atom stereocenters. The first-order valence-corrected chi connectivity index (χ1v) is 7.75. The zero-order valence-electron chi connectivity index (χ0n) is 13.3. The summed E-state index contributed by atoms with van der Waals surface area (Å²) in [7, 11) is 0. The van der Waals surface area contributed by atoms with Crippen molar-refractivity contribution in [3.8, 4) is 6.07 Å². The molecule has 126 valence electrons. The minimum atomic E-state index is -0.602. The van der Waals surface area contributed by atoms with Crippen LogP contribution in [0.15, 0.2) is 48.5 Å². The SMILES string of the molecule is N#Cc1ccc(N(c2ccc(C(=O)NO)cc2)C2CCNC2=O)cc1. The van der Waals surface area contributed by atoms with Crippen LogP contribution in [-0.4, -0.2) is 29.6 Å².